The average molecular weight is 414 g/mol. The van der Waals surface area contributed by atoms with E-state index in [1.165, 1.54) is 11.1 Å². The van der Waals surface area contributed by atoms with Crippen molar-refractivity contribution >= 4 is 35.2 Å². The number of benzene rings is 1. The van der Waals surface area contributed by atoms with Crippen molar-refractivity contribution in [3.8, 4) is 0 Å². The Morgan fingerprint density at radius 3 is 2.81 bits per heavy atom. The molecule has 1 saturated carbocycles. The van der Waals surface area contributed by atoms with Crippen molar-refractivity contribution in [3.63, 3.8) is 0 Å². The van der Waals surface area contributed by atoms with Gasteiger partial charge in [-0.15, -0.1) is 0 Å². The molecular weight excluding hydrogens is 392 g/mol. The lowest BCUT2D eigenvalue weighted by atomic mass is 10.1. The number of carbonyl (C=O) groups is 2. The van der Waals surface area contributed by atoms with E-state index >= 15 is 0 Å². The van der Waals surface area contributed by atoms with Crippen LogP contribution in [0.3, 0.4) is 0 Å². The predicted molar refractivity (Wildman–Crippen MR) is 117 cm³/mol. The van der Waals surface area contributed by atoms with Crippen LogP contribution in [0.15, 0.2) is 42.1 Å². The highest BCUT2D eigenvalue weighted by molar-refractivity contribution is 6.15. The molecule has 3 aromatic rings. The summed E-state index contributed by atoms with van der Waals surface area (Å²) in [7, 11) is 0. The van der Waals surface area contributed by atoms with Gasteiger partial charge in [-0.1, -0.05) is 24.3 Å². The van der Waals surface area contributed by atoms with Crippen molar-refractivity contribution in [3.05, 3.63) is 58.8 Å². The third-order valence-corrected chi connectivity index (χ3v) is 6.11. The van der Waals surface area contributed by atoms with E-state index < -0.39 is 0 Å². The molecule has 0 bridgehead atoms. The van der Waals surface area contributed by atoms with Crippen LogP contribution in [0.2, 0.25) is 0 Å². The lowest BCUT2D eigenvalue weighted by molar-refractivity contribution is -0.124. The molecule has 1 aromatic carbocycles. The topological polar surface area (TPSA) is 100 Å². The molecule has 2 fully saturated rings. The summed E-state index contributed by atoms with van der Waals surface area (Å²) in [5.74, 6) is 1.01. The van der Waals surface area contributed by atoms with E-state index in [9.17, 15) is 9.59 Å². The molecule has 1 aliphatic heterocycles. The minimum Gasteiger partial charge on any atom is -0.367 e. The van der Waals surface area contributed by atoms with E-state index in [4.69, 9.17) is 4.98 Å². The molecule has 3 aliphatic rings. The third kappa shape index (κ3) is 3.34. The van der Waals surface area contributed by atoms with E-state index in [1.807, 2.05) is 6.07 Å². The highest BCUT2D eigenvalue weighted by Crippen LogP contribution is 2.34. The number of aryl methyl sites for hydroxylation is 1. The SMILES string of the molecule is O=C1C/C(=C\c2cnn3c(NC4CC4)cc(N[C@@H]4CCc5ccccc54)nc23)C(=O)N1. The van der Waals surface area contributed by atoms with Crippen molar-refractivity contribution in [2.75, 3.05) is 10.6 Å². The quantitative estimate of drug-likeness (QED) is 0.439. The molecule has 31 heavy (non-hydrogen) atoms. The van der Waals surface area contributed by atoms with Gasteiger partial charge in [-0.05, 0) is 42.9 Å². The summed E-state index contributed by atoms with van der Waals surface area (Å²) in [5.41, 5.74) is 4.50. The van der Waals surface area contributed by atoms with Crippen molar-refractivity contribution in [2.45, 2.75) is 44.2 Å². The van der Waals surface area contributed by atoms with Gasteiger partial charge in [-0.25, -0.2) is 4.98 Å². The number of anilines is 2. The second kappa shape index (κ2) is 6.94. The maximum absolute atomic E-state index is 12.0. The highest BCUT2D eigenvalue weighted by atomic mass is 16.2. The normalized spacial score (nSPS) is 21.5. The smallest absolute Gasteiger partial charge is 0.254 e. The molecule has 8 nitrogen and oxygen atoms in total. The second-order valence-electron chi connectivity index (χ2n) is 8.44. The summed E-state index contributed by atoms with van der Waals surface area (Å²) in [6.07, 6.45) is 7.85. The first-order valence-corrected chi connectivity index (χ1v) is 10.7. The number of amides is 2. The van der Waals surface area contributed by atoms with Gasteiger partial charge in [0, 0.05) is 23.2 Å². The van der Waals surface area contributed by atoms with Crippen molar-refractivity contribution in [1.82, 2.24) is 19.9 Å². The van der Waals surface area contributed by atoms with Gasteiger partial charge < -0.3 is 10.6 Å². The number of imide groups is 1. The largest absolute Gasteiger partial charge is 0.367 e. The maximum atomic E-state index is 12.0. The molecule has 0 spiro atoms. The molecule has 8 heteroatoms. The van der Waals surface area contributed by atoms with Crippen LogP contribution in [-0.4, -0.2) is 32.5 Å². The fraction of sp³-hybridized carbons (Fsp3) is 0.304. The van der Waals surface area contributed by atoms with Crippen LogP contribution in [0.25, 0.3) is 11.7 Å². The molecule has 2 aromatic heterocycles. The van der Waals surface area contributed by atoms with Crippen LogP contribution in [0.5, 0.6) is 0 Å². The lowest BCUT2D eigenvalue weighted by Gasteiger charge is -2.17. The number of fused-ring (bicyclic) bond motifs is 2. The molecule has 0 radical (unpaired) electrons. The van der Waals surface area contributed by atoms with Crippen molar-refractivity contribution < 1.29 is 9.59 Å². The summed E-state index contributed by atoms with van der Waals surface area (Å²) in [6.45, 7) is 0. The summed E-state index contributed by atoms with van der Waals surface area (Å²) in [4.78, 5) is 28.4. The summed E-state index contributed by atoms with van der Waals surface area (Å²) in [5, 5.41) is 14.0. The van der Waals surface area contributed by atoms with E-state index in [0.29, 0.717) is 22.8 Å². The molecule has 1 saturated heterocycles. The molecule has 3 N–H and O–H groups in total. The first-order valence-electron chi connectivity index (χ1n) is 10.7. The minimum absolute atomic E-state index is 0.0835. The standard InChI is InChI=1S/C23H22N6O2/c30-21-10-14(23(31)28-21)9-15-12-24-29-20(25-16-6-7-16)11-19(27-22(15)29)26-18-8-5-13-3-1-2-4-17(13)18/h1-4,9,11-12,16,18,25H,5-8,10H2,(H,26,27)(H,28,30,31)/b14-9+/t18-/m1/s1. The molecule has 156 valence electrons. The molecule has 6 rings (SSSR count). The third-order valence-electron chi connectivity index (χ3n) is 6.11. The molecule has 1 atom stereocenters. The van der Waals surface area contributed by atoms with Crippen molar-refractivity contribution in [2.24, 2.45) is 0 Å². The van der Waals surface area contributed by atoms with Crippen LogP contribution in [-0.2, 0) is 16.0 Å². The molecule has 2 amide bonds. The van der Waals surface area contributed by atoms with Crippen LogP contribution in [0, 0.1) is 0 Å². The average Bonchev–Trinajstić information content (AvgIpc) is 3.20. The van der Waals surface area contributed by atoms with Gasteiger partial charge in [-0.2, -0.15) is 9.61 Å². The number of aromatic nitrogens is 3. The number of hydrogen-bond donors (Lipinski definition) is 3. The van der Waals surface area contributed by atoms with Gasteiger partial charge in [0.25, 0.3) is 5.91 Å². The zero-order valence-electron chi connectivity index (χ0n) is 16.9. The molecular formula is C23H22N6O2. The van der Waals surface area contributed by atoms with E-state index in [1.54, 1.807) is 16.8 Å². The minimum atomic E-state index is -0.350. The van der Waals surface area contributed by atoms with Crippen LogP contribution >= 0.6 is 0 Å². The Bertz CT molecular complexity index is 1260. The Labute approximate surface area is 178 Å². The van der Waals surface area contributed by atoms with Crippen LogP contribution in [0.4, 0.5) is 11.6 Å². The Kier molecular flexibility index (Phi) is 4.05. The van der Waals surface area contributed by atoms with Gasteiger partial charge in [0.2, 0.25) is 5.91 Å². The zero-order chi connectivity index (χ0) is 20.9. The predicted octanol–water partition coefficient (Wildman–Crippen LogP) is 2.83. The van der Waals surface area contributed by atoms with E-state index in [-0.39, 0.29) is 24.3 Å². The first kappa shape index (κ1) is 18.1. The van der Waals surface area contributed by atoms with Crippen LogP contribution < -0.4 is 16.0 Å². The summed E-state index contributed by atoms with van der Waals surface area (Å²) >= 11 is 0. The summed E-state index contributed by atoms with van der Waals surface area (Å²) in [6, 6.07) is 11.2. The van der Waals surface area contributed by atoms with Gasteiger partial charge in [0.1, 0.15) is 11.6 Å². The zero-order valence-corrected chi connectivity index (χ0v) is 16.9. The molecule has 0 unspecified atom stereocenters. The number of hydrogen-bond acceptors (Lipinski definition) is 6. The first-order chi connectivity index (χ1) is 15.1. The van der Waals surface area contributed by atoms with E-state index in [0.717, 1.165) is 37.3 Å². The highest BCUT2D eigenvalue weighted by Gasteiger charge is 2.27. The van der Waals surface area contributed by atoms with Gasteiger partial charge >= 0.3 is 0 Å². The van der Waals surface area contributed by atoms with Gasteiger partial charge in [0.05, 0.1) is 18.7 Å². The monoisotopic (exact) mass is 414 g/mol. The van der Waals surface area contributed by atoms with Crippen molar-refractivity contribution in [1.29, 1.82) is 0 Å². The number of nitrogens with zero attached hydrogens (tertiary/aromatic N) is 3. The maximum Gasteiger partial charge on any atom is 0.254 e. The fourth-order valence-corrected chi connectivity index (χ4v) is 4.39. The van der Waals surface area contributed by atoms with Crippen LogP contribution in [0.1, 0.15) is 48.4 Å². The van der Waals surface area contributed by atoms with E-state index in [2.05, 4.69) is 45.3 Å². The Balaban J connectivity index is 1.40. The van der Waals surface area contributed by atoms with Gasteiger partial charge in [0.15, 0.2) is 5.65 Å². The number of rotatable bonds is 5. The lowest BCUT2D eigenvalue weighted by Crippen LogP contribution is -2.19. The Morgan fingerprint density at radius 2 is 2.00 bits per heavy atom. The Morgan fingerprint density at radius 1 is 1.13 bits per heavy atom. The molecule has 2 aliphatic carbocycles. The number of nitrogens with one attached hydrogen (secondary N) is 3. The fourth-order valence-electron chi connectivity index (χ4n) is 4.39. The number of carbonyl (C=O) groups excluding carboxylic acids is 2. The summed E-state index contributed by atoms with van der Waals surface area (Å²) < 4.78 is 1.77. The molecule has 3 heterocycles. The van der Waals surface area contributed by atoms with Gasteiger partial charge in [-0.3, -0.25) is 14.9 Å². The second-order valence-corrected chi connectivity index (χ2v) is 8.44. The Hall–Kier alpha value is -3.68.